The molecule has 0 fully saturated rings. The Morgan fingerprint density at radius 1 is 1.06 bits per heavy atom. The summed E-state index contributed by atoms with van der Waals surface area (Å²) in [5, 5.41) is 1.05. The predicted octanol–water partition coefficient (Wildman–Crippen LogP) is 3.29. The minimum Gasteiger partial charge on any atom is -0.442 e. The summed E-state index contributed by atoms with van der Waals surface area (Å²) in [6.45, 7) is 3.38. The van der Waals surface area contributed by atoms with Gasteiger partial charge in [0.25, 0.3) is 5.91 Å². The van der Waals surface area contributed by atoms with Crippen molar-refractivity contribution >= 4 is 46.6 Å². The first-order valence-electron chi connectivity index (χ1n) is 9.98. The third-order valence-corrected chi connectivity index (χ3v) is 6.21. The van der Waals surface area contributed by atoms with Crippen LogP contribution >= 0.6 is 34.7 Å². The number of carbonyl (C=O) groups is 2. The van der Waals surface area contributed by atoms with Crippen molar-refractivity contribution in [3.8, 4) is 0 Å². The molecule has 0 aliphatic heterocycles. The number of nitrogens with zero attached hydrogens (tertiary/aromatic N) is 3. The maximum absolute atomic E-state index is 13.0. The molecule has 33 heavy (non-hydrogen) atoms. The Hall–Kier alpha value is -2.72. The number of halogens is 2. The van der Waals surface area contributed by atoms with Crippen LogP contribution in [0.15, 0.2) is 58.3 Å². The van der Waals surface area contributed by atoms with Gasteiger partial charge in [0.15, 0.2) is 6.73 Å². The van der Waals surface area contributed by atoms with E-state index in [1.54, 1.807) is 50.2 Å². The highest BCUT2D eigenvalue weighted by Crippen LogP contribution is 2.12. The third-order valence-electron chi connectivity index (χ3n) is 4.72. The van der Waals surface area contributed by atoms with Crippen molar-refractivity contribution in [2.75, 3.05) is 0 Å². The van der Waals surface area contributed by atoms with Gasteiger partial charge in [-0.25, -0.2) is 13.3 Å². The molecule has 1 amide bonds. The first kappa shape index (κ1) is 24.9. The Labute approximate surface area is 204 Å². The molecular weight excluding hydrogens is 487 g/mol. The number of benzene rings is 2. The lowest BCUT2D eigenvalue weighted by molar-refractivity contribution is -0.150. The third kappa shape index (κ3) is 6.42. The molecule has 174 valence electrons. The SMILES string of the molecule is CC(C)[C@H](N)C(=O)OCn1c(=NC(=O)c2ccc(Cl)cc2)sn(Cc2ccc(Cl)cc2)c1=O. The zero-order valence-electron chi connectivity index (χ0n) is 17.9. The molecule has 8 nitrogen and oxygen atoms in total. The molecule has 3 aromatic rings. The van der Waals surface area contributed by atoms with E-state index in [1.807, 2.05) is 0 Å². The van der Waals surface area contributed by atoms with E-state index >= 15 is 0 Å². The van der Waals surface area contributed by atoms with Gasteiger partial charge in [0.2, 0.25) is 4.80 Å². The van der Waals surface area contributed by atoms with E-state index in [9.17, 15) is 14.4 Å². The summed E-state index contributed by atoms with van der Waals surface area (Å²) in [5.74, 6) is -1.35. The van der Waals surface area contributed by atoms with Gasteiger partial charge in [-0.2, -0.15) is 4.99 Å². The number of amides is 1. The number of esters is 1. The van der Waals surface area contributed by atoms with Crippen molar-refractivity contribution < 1.29 is 14.3 Å². The standard InChI is InChI=1S/C22H22Cl2N4O4S/c1-13(2)18(25)20(30)32-12-27-21(26-19(29)15-5-9-17(24)10-6-15)33-28(22(27)31)11-14-3-7-16(23)8-4-14/h3-10,13,18H,11-12,25H2,1-2H3/t18-/m0/s1. The molecule has 0 aliphatic carbocycles. The highest BCUT2D eigenvalue weighted by atomic mass is 35.5. The summed E-state index contributed by atoms with van der Waals surface area (Å²) in [4.78, 5) is 42.1. The first-order valence-corrected chi connectivity index (χ1v) is 11.5. The molecule has 2 aromatic carbocycles. The van der Waals surface area contributed by atoms with Gasteiger partial charge >= 0.3 is 11.7 Å². The molecule has 1 aromatic heterocycles. The van der Waals surface area contributed by atoms with Crippen LogP contribution < -0.4 is 16.2 Å². The fraction of sp³-hybridized carbons (Fsp3) is 0.273. The first-order chi connectivity index (χ1) is 15.7. The molecule has 0 radical (unpaired) electrons. The fourth-order valence-electron chi connectivity index (χ4n) is 2.69. The summed E-state index contributed by atoms with van der Waals surface area (Å²) in [6, 6.07) is 12.4. The van der Waals surface area contributed by atoms with Crippen molar-refractivity contribution in [2.45, 2.75) is 33.2 Å². The maximum atomic E-state index is 13.0. The number of ether oxygens (including phenoxy) is 1. The Bertz CT molecular complexity index is 1260. The van der Waals surface area contributed by atoms with E-state index in [2.05, 4.69) is 4.99 Å². The average molecular weight is 509 g/mol. The van der Waals surface area contributed by atoms with Gasteiger partial charge in [0, 0.05) is 15.6 Å². The molecule has 0 spiro atoms. The number of rotatable bonds is 7. The molecule has 1 heterocycles. The predicted molar refractivity (Wildman–Crippen MR) is 127 cm³/mol. The van der Waals surface area contributed by atoms with Crippen LogP contribution in [0.3, 0.4) is 0 Å². The molecule has 1 atom stereocenters. The van der Waals surface area contributed by atoms with Gasteiger partial charge in [0.1, 0.15) is 6.04 Å². The van der Waals surface area contributed by atoms with Crippen molar-refractivity contribution in [1.29, 1.82) is 0 Å². The number of aromatic nitrogens is 2. The van der Waals surface area contributed by atoms with Crippen LogP contribution in [0.1, 0.15) is 29.8 Å². The van der Waals surface area contributed by atoms with Crippen LogP contribution in [0.25, 0.3) is 0 Å². The largest absolute Gasteiger partial charge is 0.442 e. The maximum Gasteiger partial charge on any atom is 0.342 e. The lowest BCUT2D eigenvalue weighted by Crippen LogP contribution is -2.39. The minimum atomic E-state index is -0.836. The Balaban J connectivity index is 1.97. The molecule has 0 unspecified atom stereocenters. The van der Waals surface area contributed by atoms with E-state index in [-0.39, 0.29) is 17.3 Å². The number of hydrogen-bond donors (Lipinski definition) is 1. The molecule has 0 saturated heterocycles. The number of nitrogens with two attached hydrogens (primary N) is 1. The Morgan fingerprint density at radius 2 is 1.64 bits per heavy atom. The molecule has 0 bridgehead atoms. The normalized spacial score (nSPS) is 12.7. The smallest absolute Gasteiger partial charge is 0.342 e. The molecule has 11 heteroatoms. The van der Waals surface area contributed by atoms with Crippen molar-refractivity contribution in [3.05, 3.63) is 85.0 Å². The van der Waals surface area contributed by atoms with Gasteiger partial charge in [-0.3, -0.25) is 9.59 Å². The fourth-order valence-corrected chi connectivity index (χ4v) is 3.88. The topological polar surface area (TPSA) is 109 Å². The molecule has 0 saturated carbocycles. The highest BCUT2D eigenvalue weighted by Gasteiger charge is 2.20. The van der Waals surface area contributed by atoms with Gasteiger partial charge < -0.3 is 10.5 Å². The van der Waals surface area contributed by atoms with Crippen LogP contribution in [-0.4, -0.2) is 26.4 Å². The zero-order chi connectivity index (χ0) is 24.1. The van der Waals surface area contributed by atoms with E-state index < -0.39 is 30.3 Å². The molecule has 3 rings (SSSR count). The van der Waals surface area contributed by atoms with Gasteiger partial charge in [-0.15, -0.1) is 0 Å². The van der Waals surface area contributed by atoms with Crippen LogP contribution in [0, 0.1) is 5.92 Å². The lowest BCUT2D eigenvalue weighted by Gasteiger charge is -2.14. The van der Waals surface area contributed by atoms with Gasteiger partial charge in [-0.05, 0) is 59.4 Å². The average Bonchev–Trinajstić information content (AvgIpc) is 3.07. The number of carbonyl (C=O) groups excluding carboxylic acids is 2. The van der Waals surface area contributed by atoms with Crippen LogP contribution in [0.2, 0.25) is 10.0 Å². The minimum absolute atomic E-state index is 0.0832. The lowest BCUT2D eigenvalue weighted by atomic mass is 10.1. The Kier molecular flexibility index (Phi) is 8.25. The second-order valence-electron chi connectivity index (χ2n) is 7.53. The number of hydrogen-bond acceptors (Lipinski definition) is 6. The summed E-state index contributed by atoms with van der Waals surface area (Å²) in [6.07, 6.45) is 0. The van der Waals surface area contributed by atoms with Crippen molar-refractivity contribution in [2.24, 2.45) is 16.6 Å². The van der Waals surface area contributed by atoms with E-state index in [0.717, 1.165) is 21.7 Å². The van der Waals surface area contributed by atoms with Gasteiger partial charge in [-0.1, -0.05) is 49.2 Å². The second-order valence-corrected chi connectivity index (χ2v) is 9.40. The molecular formula is C22H22Cl2N4O4S. The molecule has 2 N–H and O–H groups in total. The van der Waals surface area contributed by atoms with Crippen LogP contribution in [-0.2, 0) is 22.8 Å². The van der Waals surface area contributed by atoms with Crippen molar-refractivity contribution in [1.82, 2.24) is 8.52 Å². The molecule has 0 aliphatic rings. The zero-order valence-corrected chi connectivity index (χ0v) is 20.2. The monoisotopic (exact) mass is 508 g/mol. The summed E-state index contributed by atoms with van der Waals surface area (Å²) in [5.41, 5.74) is 6.47. The quantitative estimate of drug-likeness (QED) is 0.492. The van der Waals surface area contributed by atoms with E-state index in [1.165, 1.54) is 16.1 Å². The van der Waals surface area contributed by atoms with Crippen molar-refractivity contribution in [3.63, 3.8) is 0 Å². The van der Waals surface area contributed by atoms with Gasteiger partial charge in [0.05, 0.1) is 6.54 Å². The van der Waals surface area contributed by atoms with E-state index in [0.29, 0.717) is 15.6 Å². The summed E-state index contributed by atoms with van der Waals surface area (Å²) < 4.78 is 7.78. The van der Waals surface area contributed by atoms with Crippen LogP contribution in [0.5, 0.6) is 0 Å². The summed E-state index contributed by atoms with van der Waals surface area (Å²) >= 11 is 12.8. The highest BCUT2D eigenvalue weighted by molar-refractivity contribution is 7.03. The summed E-state index contributed by atoms with van der Waals surface area (Å²) in [7, 11) is 0. The van der Waals surface area contributed by atoms with Crippen LogP contribution in [0.4, 0.5) is 0 Å². The second kappa shape index (κ2) is 10.9. The Morgan fingerprint density at radius 3 is 2.21 bits per heavy atom. The van der Waals surface area contributed by atoms with E-state index in [4.69, 9.17) is 33.7 Å².